The lowest BCUT2D eigenvalue weighted by atomic mass is 9.68. The van der Waals surface area contributed by atoms with Gasteiger partial charge >= 0.3 is 5.97 Å². The van der Waals surface area contributed by atoms with Crippen molar-refractivity contribution < 1.29 is 14.3 Å². The second kappa shape index (κ2) is 8.86. The highest BCUT2D eigenvalue weighted by molar-refractivity contribution is 6.26. The van der Waals surface area contributed by atoms with Crippen LogP contribution in [0.3, 0.4) is 0 Å². The third kappa shape index (κ3) is 4.37. The van der Waals surface area contributed by atoms with Gasteiger partial charge in [0.15, 0.2) is 6.04 Å². The van der Waals surface area contributed by atoms with Crippen LogP contribution in [0, 0.1) is 5.41 Å². The Balaban J connectivity index is 1.51. The van der Waals surface area contributed by atoms with Gasteiger partial charge in [0.2, 0.25) is 0 Å². The van der Waals surface area contributed by atoms with Crippen LogP contribution in [0.5, 0.6) is 0 Å². The topological polar surface area (TPSA) is 93.5 Å². The maximum atomic E-state index is 12.5. The van der Waals surface area contributed by atoms with Crippen molar-refractivity contribution in [3.05, 3.63) is 60.6 Å². The van der Waals surface area contributed by atoms with E-state index in [1.165, 1.54) is 0 Å². The van der Waals surface area contributed by atoms with Gasteiger partial charge in [-0.2, -0.15) is 0 Å². The number of esters is 1. The van der Waals surface area contributed by atoms with Gasteiger partial charge in [-0.1, -0.05) is 12.1 Å². The van der Waals surface area contributed by atoms with Crippen LogP contribution in [0.4, 0.5) is 11.5 Å². The van der Waals surface area contributed by atoms with Crippen LogP contribution in [-0.2, 0) is 20.7 Å². The lowest BCUT2D eigenvalue weighted by Gasteiger charge is -2.35. The summed E-state index contributed by atoms with van der Waals surface area (Å²) in [6, 6.07) is 11.0. The van der Waals surface area contributed by atoms with E-state index in [-0.39, 0.29) is 11.8 Å². The lowest BCUT2D eigenvalue weighted by molar-refractivity contribution is -0.144. The van der Waals surface area contributed by atoms with Gasteiger partial charge in [0, 0.05) is 53.6 Å². The smallest absolute Gasteiger partial charge is 0.331 e. The van der Waals surface area contributed by atoms with Crippen LogP contribution < -0.4 is 5.32 Å². The molecule has 1 aliphatic carbocycles. The Bertz CT molecular complexity index is 1180. The van der Waals surface area contributed by atoms with E-state index in [1.54, 1.807) is 25.5 Å². The van der Waals surface area contributed by atoms with Crippen molar-refractivity contribution in [2.75, 3.05) is 11.9 Å². The van der Waals surface area contributed by atoms with Crippen molar-refractivity contribution >= 4 is 39.7 Å². The highest BCUT2D eigenvalue weighted by Crippen LogP contribution is 2.34. The quantitative estimate of drug-likeness (QED) is 0.562. The van der Waals surface area contributed by atoms with E-state index in [9.17, 15) is 9.59 Å². The number of nitrogens with zero attached hydrogens (tertiary/aromatic N) is 3. The Labute approximate surface area is 186 Å². The zero-order valence-corrected chi connectivity index (χ0v) is 18.5. The molecule has 1 saturated carbocycles. The summed E-state index contributed by atoms with van der Waals surface area (Å²) in [5.74, 6) is 0.531. The van der Waals surface area contributed by atoms with Crippen molar-refractivity contribution in [1.82, 2.24) is 9.97 Å². The molecule has 3 aromatic rings. The predicted molar refractivity (Wildman–Crippen MR) is 124 cm³/mol. The van der Waals surface area contributed by atoms with E-state index in [1.807, 2.05) is 50.2 Å². The highest BCUT2D eigenvalue weighted by atomic mass is 16.5. The molecule has 1 fully saturated rings. The molecule has 1 N–H and O–H groups in total. The Hall–Kier alpha value is -3.61. The third-order valence-corrected chi connectivity index (χ3v) is 5.83. The number of benzene rings is 1. The Kier molecular flexibility index (Phi) is 5.99. The van der Waals surface area contributed by atoms with Crippen molar-refractivity contribution in [2.45, 2.75) is 39.7 Å². The molecule has 1 aromatic carbocycles. The fourth-order valence-corrected chi connectivity index (χ4v) is 3.66. The summed E-state index contributed by atoms with van der Waals surface area (Å²) < 4.78 is 5.23. The molecule has 2 heterocycles. The summed E-state index contributed by atoms with van der Waals surface area (Å²) in [6.07, 6.45) is 6.01. The van der Waals surface area contributed by atoms with E-state index in [0.29, 0.717) is 19.4 Å². The molecule has 0 bridgehead atoms. The number of aromatic nitrogens is 2. The van der Waals surface area contributed by atoms with Crippen LogP contribution in [0.15, 0.2) is 60.0 Å². The number of fused-ring (bicyclic) bond motifs is 1. The molecule has 4 rings (SSSR count). The number of ether oxygens (including phenoxy) is 1. The summed E-state index contributed by atoms with van der Waals surface area (Å²) in [5, 5.41) is 5.34. The summed E-state index contributed by atoms with van der Waals surface area (Å²) in [4.78, 5) is 37.6. The summed E-state index contributed by atoms with van der Waals surface area (Å²) in [6.45, 7) is 5.76. The van der Waals surface area contributed by atoms with Crippen LogP contribution in [0.2, 0.25) is 0 Å². The molecule has 164 valence electrons. The number of aliphatic imine (C=N–C) groups is 1. The normalized spacial score (nSPS) is 17.1. The standard InChI is InChI=1S/C25H26N4O3/c1-4-32-24(31)20(29-21-14-22(30)25(21,2)3)13-16-5-7-18(8-6-16)28-23-19-10-11-26-15-17(19)9-12-27-23/h5-12,15,20H,4,13-14H2,1-3H3,(H,27,28)/t20-/m0/s1. The van der Waals surface area contributed by atoms with Crippen LogP contribution >= 0.6 is 0 Å². The number of Topliss-reactive ketones (excluding diaryl/α,β-unsaturated/α-hetero) is 1. The van der Waals surface area contributed by atoms with E-state index in [4.69, 9.17) is 4.74 Å². The predicted octanol–water partition coefficient (Wildman–Crippen LogP) is 4.29. The number of carbonyl (C=O) groups excluding carboxylic acids is 2. The minimum Gasteiger partial charge on any atom is -0.464 e. The molecule has 0 amide bonds. The van der Waals surface area contributed by atoms with E-state index in [0.717, 1.165) is 33.6 Å². The maximum Gasteiger partial charge on any atom is 0.331 e. The van der Waals surface area contributed by atoms with Crippen LogP contribution in [-0.4, -0.2) is 40.1 Å². The first-order valence-corrected chi connectivity index (χ1v) is 10.7. The Morgan fingerprint density at radius 3 is 2.66 bits per heavy atom. The monoisotopic (exact) mass is 430 g/mol. The van der Waals surface area contributed by atoms with Crippen molar-refractivity contribution in [3.8, 4) is 0 Å². The molecule has 1 atom stereocenters. The van der Waals surface area contributed by atoms with Crippen LogP contribution in [0.25, 0.3) is 10.8 Å². The van der Waals surface area contributed by atoms with Crippen LogP contribution in [0.1, 0.15) is 32.8 Å². The van der Waals surface area contributed by atoms with E-state index < -0.39 is 11.5 Å². The second-order valence-electron chi connectivity index (χ2n) is 8.35. The summed E-state index contributed by atoms with van der Waals surface area (Å²) >= 11 is 0. The van der Waals surface area contributed by atoms with Gasteiger partial charge in [-0.15, -0.1) is 0 Å². The average molecular weight is 431 g/mol. The Morgan fingerprint density at radius 2 is 1.97 bits per heavy atom. The molecule has 32 heavy (non-hydrogen) atoms. The Morgan fingerprint density at radius 1 is 1.19 bits per heavy atom. The molecule has 1 aliphatic rings. The highest BCUT2D eigenvalue weighted by Gasteiger charge is 2.44. The minimum absolute atomic E-state index is 0.145. The zero-order valence-electron chi connectivity index (χ0n) is 18.5. The number of hydrogen-bond acceptors (Lipinski definition) is 7. The number of anilines is 2. The maximum absolute atomic E-state index is 12.5. The van der Waals surface area contributed by atoms with E-state index >= 15 is 0 Å². The van der Waals surface area contributed by atoms with E-state index in [2.05, 4.69) is 20.3 Å². The molecule has 0 spiro atoms. The van der Waals surface area contributed by atoms with Crippen molar-refractivity contribution in [1.29, 1.82) is 0 Å². The third-order valence-electron chi connectivity index (χ3n) is 5.83. The fraction of sp³-hybridized carbons (Fsp3) is 0.320. The summed E-state index contributed by atoms with van der Waals surface area (Å²) in [7, 11) is 0. The van der Waals surface area contributed by atoms with Crippen molar-refractivity contribution in [3.63, 3.8) is 0 Å². The first-order valence-electron chi connectivity index (χ1n) is 10.7. The zero-order chi connectivity index (χ0) is 22.7. The number of rotatable bonds is 7. The number of nitrogens with one attached hydrogen (secondary N) is 1. The molecular formula is C25H26N4O3. The number of carbonyl (C=O) groups is 2. The van der Waals surface area contributed by atoms with Gasteiger partial charge in [-0.05, 0) is 50.6 Å². The second-order valence-corrected chi connectivity index (χ2v) is 8.35. The summed E-state index contributed by atoms with van der Waals surface area (Å²) in [5.41, 5.74) is 2.00. The number of pyridine rings is 2. The molecule has 7 nitrogen and oxygen atoms in total. The molecular weight excluding hydrogens is 404 g/mol. The number of hydrogen-bond donors (Lipinski definition) is 1. The fourth-order valence-electron chi connectivity index (χ4n) is 3.66. The van der Waals surface area contributed by atoms with Gasteiger partial charge in [-0.25, -0.2) is 9.78 Å². The van der Waals surface area contributed by atoms with Gasteiger partial charge in [0.1, 0.15) is 11.6 Å². The van der Waals surface area contributed by atoms with Gasteiger partial charge in [0.25, 0.3) is 0 Å². The van der Waals surface area contributed by atoms with Gasteiger partial charge in [0.05, 0.1) is 12.0 Å². The molecule has 2 aromatic heterocycles. The largest absolute Gasteiger partial charge is 0.464 e. The SMILES string of the molecule is CCOC(=O)[C@H](Cc1ccc(Nc2nccc3cnccc23)cc1)N=C1CC(=O)C1(C)C. The average Bonchev–Trinajstić information content (AvgIpc) is 2.80. The first kappa shape index (κ1) is 21.6. The molecule has 0 unspecified atom stereocenters. The lowest BCUT2D eigenvalue weighted by Crippen LogP contribution is -2.47. The van der Waals surface area contributed by atoms with Gasteiger partial charge in [-0.3, -0.25) is 14.8 Å². The molecule has 7 heteroatoms. The minimum atomic E-state index is -0.664. The molecule has 0 aliphatic heterocycles. The molecule has 0 saturated heterocycles. The molecule has 0 radical (unpaired) electrons. The van der Waals surface area contributed by atoms with Gasteiger partial charge < -0.3 is 10.1 Å². The van der Waals surface area contributed by atoms with Crippen molar-refractivity contribution in [2.24, 2.45) is 10.4 Å². The number of ketones is 1. The first-order chi connectivity index (χ1) is 15.4.